The molecular weight excluding hydrogens is 387 g/mol. The van der Waals surface area contributed by atoms with Gasteiger partial charge in [0.05, 0.1) is 9.26 Å². The normalized spacial score (nSPS) is 11.4. The number of halogens is 2. The second-order valence-corrected chi connectivity index (χ2v) is 6.28. The van der Waals surface area contributed by atoms with Gasteiger partial charge in [-0.1, -0.05) is 43.6 Å². The molecule has 0 spiro atoms. The molecule has 2 aromatic heterocycles. The summed E-state index contributed by atoms with van der Waals surface area (Å²) in [5, 5.41) is 1.51. The van der Waals surface area contributed by atoms with Gasteiger partial charge in [0.2, 0.25) is 0 Å². The van der Waals surface area contributed by atoms with Gasteiger partial charge in [0.15, 0.2) is 11.6 Å². The van der Waals surface area contributed by atoms with Crippen LogP contribution in [0.5, 0.6) is 0 Å². The molecule has 5 heteroatoms. The lowest BCUT2D eigenvalue weighted by Gasteiger charge is -2.09. The second kappa shape index (κ2) is 5.33. The monoisotopic (exact) mass is 398 g/mol. The van der Waals surface area contributed by atoms with Crippen molar-refractivity contribution in [3.8, 4) is 11.6 Å². The summed E-state index contributed by atoms with van der Waals surface area (Å²) >= 11 is 8.39. The zero-order chi connectivity index (χ0) is 14.3. The van der Waals surface area contributed by atoms with Crippen LogP contribution in [0.1, 0.15) is 25.5 Å². The summed E-state index contributed by atoms with van der Waals surface area (Å²) in [5.74, 6) is 1.47. The Morgan fingerprint density at radius 2 is 1.95 bits per heavy atom. The second-order valence-electron chi connectivity index (χ2n) is 4.84. The van der Waals surface area contributed by atoms with Crippen molar-refractivity contribution in [2.24, 2.45) is 0 Å². The average molecular weight is 399 g/mol. The third kappa shape index (κ3) is 2.42. The number of benzene rings is 1. The van der Waals surface area contributed by atoms with Crippen LogP contribution in [0.3, 0.4) is 0 Å². The van der Waals surface area contributed by atoms with Gasteiger partial charge in [0, 0.05) is 5.39 Å². The molecule has 0 atom stereocenters. The molecule has 0 N–H and O–H groups in total. The van der Waals surface area contributed by atoms with Crippen LogP contribution in [0.25, 0.3) is 22.6 Å². The predicted octanol–water partition coefficient (Wildman–Crippen LogP) is 5.27. The Hall–Kier alpha value is -1.14. The smallest absolute Gasteiger partial charge is 0.197 e. The maximum atomic E-state index is 6.21. The largest absolute Gasteiger partial charge is 0.453 e. The quantitative estimate of drug-likeness (QED) is 0.436. The van der Waals surface area contributed by atoms with Crippen molar-refractivity contribution in [2.45, 2.75) is 19.8 Å². The van der Waals surface area contributed by atoms with Crippen molar-refractivity contribution in [3.63, 3.8) is 0 Å². The van der Waals surface area contributed by atoms with Gasteiger partial charge < -0.3 is 4.42 Å². The lowest BCUT2D eigenvalue weighted by atomic mass is 10.1. The molecular formula is C15H12ClIN2O. The molecule has 0 fully saturated rings. The van der Waals surface area contributed by atoms with E-state index in [4.69, 9.17) is 16.0 Å². The first kappa shape index (κ1) is 13.8. The summed E-state index contributed by atoms with van der Waals surface area (Å²) < 4.78 is 6.70. The molecule has 0 radical (unpaired) electrons. The molecule has 0 saturated heterocycles. The van der Waals surface area contributed by atoms with Gasteiger partial charge in [-0.25, -0.2) is 9.97 Å². The van der Waals surface area contributed by atoms with Gasteiger partial charge in [0.25, 0.3) is 0 Å². The molecule has 0 bridgehead atoms. The highest BCUT2D eigenvalue weighted by Gasteiger charge is 2.16. The van der Waals surface area contributed by atoms with E-state index < -0.39 is 0 Å². The van der Waals surface area contributed by atoms with E-state index in [2.05, 4.69) is 46.4 Å². The fraction of sp³-hybridized carbons (Fsp3) is 0.200. The summed E-state index contributed by atoms with van der Waals surface area (Å²) in [4.78, 5) is 8.94. The maximum Gasteiger partial charge on any atom is 0.197 e. The molecule has 0 amide bonds. The first-order chi connectivity index (χ1) is 9.56. The average Bonchev–Trinajstić information content (AvgIpc) is 2.85. The van der Waals surface area contributed by atoms with Crippen LogP contribution in [0.2, 0.25) is 5.15 Å². The number of fused-ring (bicyclic) bond motifs is 1. The fourth-order valence-electron chi connectivity index (χ4n) is 2.02. The fourth-order valence-corrected chi connectivity index (χ4v) is 3.06. The van der Waals surface area contributed by atoms with E-state index in [9.17, 15) is 0 Å². The molecule has 0 unspecified atom stereocenters. The van der Waals surface area contributed by atoms with Crippen molar-refractivity contribution in [1.82, 2.24) is 9.97 Å². The molecule has 3 rings (SSSR count). The Morgan fingerprint density at radius 3 is 2.65 bits per heavy atom. The third-order valence-corrected chi connectivity index (χ3v) is 4.69. The zero-order valence-corrected chi connectivity index (χ0v) is 13.9. The van der Waals surface area contributed by atoms with Crippen molar-refractivity contribution < 1.29 is 4.42 Å². The standard InChI is InChI=1S/C15H12ClIN2O/c1-8(2)13-12(17)14(16)19-15(18-13)11-7-9-5-3-4-6-10(9)20-11/h3-8H,1-2H3. The van der Waals surface area contributed by atoms with Crippen LogP contribution >= 0.6 is 34.2 Å². The van der Waals surface area contributed by atoms with Gasteiger partial charge in [-0.2, -0.15) is 0 Å². The number of furan rings is 1. The molecule has 1 aromatic carbocycles. The van der Waals surface area contributed by atoms with E-state index >= 15 is 0 Å². The Kier molecular flexibility index (Phi) is 3.69. The van der Waals surface area contributed by atoms with E-state index in [-0.39, 0.29) is 5.92 Å². The molecule has 3 aromatic rings. The van der Waals surface area contributed by atoms with Crippen LogP contribution in [-0.4, -0.2) is 9.97 Å². The summed E-state index contributed by atoms with van der Waals surface area (Å²) in [6.45, 7) is 4.17. The van der Waals surface area contributed by atoms with Crippen molar-refractivity contribution in [1.29, 1.82) is 0 Å². The lowest BCUT2D eigenvalue weighted by Crippen LogP contribution is -2.02. The van der Waals surface area contributed by atoms with Gasteiger partial charge in [-0.3, -0.25) is 0 Å². The number of nitrogens with zero attached hydrogens (tertiary/aromatic N) is 2. The Bertz CT molecular complexity index is 750. The van der Waals surface area contributed by atoms with E-state index in [1.54, 1.807) is 0 Å². The highest BCUT2D eigenvalue weighted by molar-refractivity contribution is 14.1. The minimum Gasteiger partial charge on any atom is -0.453 e. The number of para-hydroxylation sites is 1. The van der Waals surface area contributed by atoms with Crippen LogP contribution in [-0.2, 0) is 0 Å². The third-order valence-electron chi connectivity index (χ3n) is 3.03. The van der Waals surface area contributed by atoms with E-state index in [0.717, 1.165) is 20.2 Å². The Labute approximate surface area is 135 Å². The first-order valence-electron chi connectivity index (χ1n) is 6.28. The van der Waals surface area contributed by atoms with Gasteiger partial charge in [-0.05, 0) is 40.6 Å². The summed E-state index contributed by atoms with van der Waals surface area (Å²) in [5.41, 5.74) is 1.77. The topological polar surface area (TPSA) is 38.9 Å². The zero-order valence-electron chi connectivity index (χ0n) is 11.0. The predicted molar refractivity (Wildman–Crippen MR) is 89.1 cm³/mol. The van der Waals surface area contributed by atoms with Crippen LogP contribution in [0, 0.1) is 3.57 Å². The van der Waals surface area contributed by atoms with Crippen LogP contribution in [0.4, 0.5) is 0 Å². The number of rotatable bonds is 2. The van der Waals surface area contributed by atoms with Crippen molar-refractivity contribution in [3.05, 3.63) is 44.7 Å². The summed E-state index contributed by atoms with van der Waals surface area (Å²) in [6.07, 6.45) is 0. The molecule has 2 heterocycles. The maximum absolute atomic E-state index is 6.21. The minimum atomic E-state index is 0.283. The number of hydrogen-bond donors (Lipinski definition) is 0. The molecule has 0 aliphatic carbocycles. The minimum absolute atomic E-state index is 0.283. The molecule has 102 valence electrons. The Morgan fingerprint density at radius 1 is 1.20 bits per heavy atom. The first-order valence-corrected chi connectivity index (χ1v) is 7.74. The molecule has 3 nitrogen and oxygen atoms in total. The summed E-state index contributed by atoms with van der Waals surface area (Å²) in [7, 11) is 0. The van der Waals surface area contributed by atoms with E-state index in [0.29, 0.717) is 16.7 Å². The molecule has 20 heavy (non-hydrogen) atoms. The molecule has 0 aliphatic heterocycles. The van der Waals surface area contributed by atoms with Crippen molar-refractivity contribution >= 4 is 45.2 Å². The lowest BCUT2D eigenvalue weighted by molar-refractivity contribution is 0.623. The van der Waals surface area contributed by atoms with E-state index in [1.807, 2.05) is 30.3 Å². The summed E-state index contributed by atoms with van der Waals surface area (Å²) in [6, 6.07) is 9.79. The highest BCUT2D eigenvalue weighted by Crippen LogP contribution is 2.30. The van der Waals surface area contributed by atoms with Crippen molar-refractivity contribution in [2.75, 3.05) is 0 Å². The van der Waals surface area contributed by atoms with E-state index in [1.165, 1.54) is 0 Å². The molecule has 0 saturated carbocycles. The SMILES string of the molecule is CC(C)c1nc(-c2cc3ccccc3o2)nc(Cl)c1I. The van der Waals surface area contributed by atoms with Gasteiger partial charge >= 0.3 is 0 Å². The Balaban J connectivity index is 2.18. The van der Waals surface area contributed by atoms with Crippen LogP contribution in [0.15, 0.2) is 34.7 Å². The highest BCUT2D eigenvalue weighted by atomic mass is 127. The number of hydrogen-bond acceptors (Lipinski definition) is 3. The molecule has 0 aliphatic rings. The van der Waals surface area contributed by atoms with Gasteiger partial charge in [0.1, 0.15) is 10.7 Å². The van der Waals surface area contributed by atoms with Crippen LogP contribution < -0.4 is 0 Å². The van der Waals surface area contributed by atoms with Gasteiger partial charge in [-0.15, -0.1) is 0 Å². The number of aromatic nitrogens is 2.